The van der Waals surface area contributed by atoms with Gasteiger partial charge in [0.05, 0.1) is 12.4 Å². The van der Waals surface area contributed by atoms with Crippen molar-refractivity contribution >= 4 is 17.7 Å². The number of aliphatic hydroxyl groups excluding tert-OH is 1. The molecule has 1 rings (SSSR count). The highest BCUT2D eigenvalue weighted by Gasteiger charge is 2.13. The molecular weight excluding hydrogens is 204 g/mol. The van der Waals surface area contributed by atoms with Gasteiger partial charge < -0.3 is 14.6 Å². The van der Waals surface area contributed by atoms with Gasteiger partial charge in [-0.1, -0.05) is 0 Å². The molecule has 0 amide bonds. The van der Waals surface area contributed by atoms with E-state index in [2.05, 4.69) is 0 Å². The molecule has 0 radical (unpaired) electrons. The van der Waals surface area contributed by atoms with E-state index in [0.29, 0.717) is 23.0 Å². The normalized spacial score (nSPS) is 10.4. The number of aromatic carboxylic acids is 1. The molecule has 0 unspecified atom stereocenters. The third kappa shape index (κ3) is 2.78. The average Bonchev–Trinajstić information content (AvgIpc) is 2.47. The van der Waals surface area contributed by atoms with Crippen LogP contribution < -0.4 is 0 Å². The highest BCUT2D eigenvalue weighted by atomic mass is 32.2. The maximum Gasteiger partial charge on any atom is 0.339 e. The number of aliphatic hydroxyl groups is 1. The summed E-state index contributed by atoms with van der Waals surface area (Å²) in [7, 11) is 0. The zero-order chi connectivity index (χ0) is 10.6. The van der Waals surface area contributed by atoms with Crippen LogP contribution in [0.15, 0.2) is 10.5 Å². The van der Waals surface area contributed by atoms with Gasteiger partial charge >= 0.3 is 5.97 Å². The van der Waals surface area contributed by atoms with E-state index in [1.807, 2.05) is 0 Å². The minimum atomic E-state index is -0.968. The SMILES string of the molecule is Cc1oc(CSCCO)cc1C(=O)O. The number of rotatable bonds is 5. The lowest BCUT2D eigenvalue weighted by Crippen LogP contribution is -1.95. The predicted molar refractivity (Wildman–Crippen MR) is 53.7 cm³/mol. The van der Waals surface area contributed by atoms with Crippen LogP contribution >= 0.6 is 11.8 Å². The number of carbonyl (C=O) groups is 1. The monoisotopic (exact) mass is 216 g/mol. The van der Waals surface area contributed by atoms with Crippen LogP contribution in [0, 0.1) is 6.92 Å². The van der Waals surface area contributed by atoms with E-state index >= 15 is 0 Å². The Hall–Kier alpha value is -0.940. The van der Waals surface area contributed by atoms with Gasteiger partial charge in [0.1, 0.15) is 17.1 Å². The van der Waals surface area contributed by atoms with Crippen molar-refractivity contribution in [1.29, 1.82) is 0 Å². The van der Waals surface area contributed by atoms with Crippen molar-refractivity contribution in [2.45, 2.75) is 12.7 Å². The van der Waals surface area contributed by atoms with E-state index in [4.69, 9.17) is 14.6 Å². The van der Waals surface area contributed by atoms with Crippen molar-refractivity contribution in [2.75, 3.05) is 12.4 Å². The maximum absolute atomic E-state index is 10.7. The summed E-state index contributed by atoms with van der Waals surface area (Å²) in [6, 6.07) is 1.53. The van der Waals surface area contributed by atoms with Crippen LogP contribution in [0.3, 0.4) is 0 Å². The molecule has 0 bridgehead atoms. The van der Waals surface area contributed by atoms with Gasteiger partial charge in [0.25, 0.3) is 0 Å². The number of carboxylic acids is 1. The van der Waals surface area contributed by atoms with Crippen molar-refractivity contribution in [3.8, 4) is 0 Å². The molecular formula is C9H12O4S. The first-order chi connectivity index (χ1) is 6.65. The van der Waals surface area contributed by atoms with Gasteiger partial charge in [-0.25, -0.2) is 4.79 Å². The highest BCUT2D eigenvalue weighted by Crippen LogP contribution is 2.19. The number of hydrogen-bond donors (Lipinski definition) is 2. The smallest absolute Gasteiger partial charge is 0.339 e. The summed E-state index contributed by atoms with van der Waals surface area (Å²) in [5, 5.41) is 17.3. The molecule has 0 saturated heterocycles. The second-order valence-electron chi connectivity index (χ2n) is 2.76. The zero-order valence-corrected chi connectivity index (χ0v) is 8.63. The average molecular weight is 216 g/mol. The molecule has 2 N–H and O–H groups in total. The van der Waals surface area contributed by atoms with Crippen molar-refractivity contribution in [1.82, 2.24) is 0 Å². The van der Waals surface area contributed by atoms with Crippen LogP contribution in [0.2, 0.25) is 0 Å². The molecule has 0 fully saturated rings. The quantitative estimate of drug-likeness (QED) is 0.730. The van der Waals surface area contributed by atoms with Gasteiger partial charge in [-0.05, 0) is 13.0 Å². The fourth-order valence-corrected chi connectivity index (χ4v) is 1.68. The summed E-state index contributed by atoms with van der Waals surface area (Å²) >= 11 is 1.50. The van der Waals surface area contributed by atoms with Crippen LogP contribution in [-0.2, 0) is 5.75 Å². The van der Waals surface area contributed by atoms with Crippen molar-refractivity contribution in [3.05, 3.63) is 23.2 Å². The summed E-state index contributed by atoms with van der Waals surface area (Å²) in [5.74, 6) is 1.32. The summed E-state index contributed by atoms with van der Waals surface area (Å²) in [6.07, 6.45) is 0. The number of aryl methyl sites for hydroxylation is 1. The predicted octanol–water partition coefficient (Wildman–Crippen LogP) is 1.51. The summed E-state index contributed by atoms with van der Waals surface area (Å²) in [4.78, 5) is 10.7. The molecule has 1 heterocycles. The Morgan fingerprint density at radius 1 is 1.64 bits per heavy atom. The van der Waals surface area contributed by atoms with Gasteiger partial charge in [0, 0.05) is 5.75 Å². The largest absolute Gasteiger partial charge is 0.478 e. The fraction of sp³-hybridized carbons (Fsp3) is 0.444. The van der Waals surface area contributed by atoms with E-state index in [9.17, 15) is 4.79 Å². The molecule has 0 saturated carbocycles. The number of carboxylic acid groups (broad SMARTS) is 1. The summed E-state index contributed by atoms with van der Waals surface area (Å²) in [6.45, 7) is 1.75. The zero-order valence-electron chi connectivity index (χ0n) is 7.82. The Kier molecular flexibility index (Phi) is 4.03. The lowest BCUT2D eigenvalue weighted by atomic mass is 10.2. The first-order valence-corrected chi connectivity index (χ1v) is 5.32. The first kappa shape index (κ1) is 11.1. The van der Waals surface area contributed by atoms with Crippen LogP contribution in [0.5, 0.6) is 0 Å². The lowest BCUT2D eigenvalue weighted by Gasteiger charge is -1.94. The molecule has 14 heavy (non-hydrogen) atoms. The minimum absolute atomic E-state index is 0.121. The van der Waals surface area contributed by atoms with Crippen molar-refractivity contribution < 1.29 is 19.4 Å². The molecule has 0 spiro atoms. The molecule has 0 aliphatic carbocycles. The Morgan fingerprint density at radius 2 is 2.36 bits per heavy atom. The van der Waals surface area contributed by atoms with Crippen LogP contribution in [-0.4, -0.2) is 28.5 Å². The van der Waals surface area contributed by atoms with Gasteiger partial charge in [0.2, 0.25) is 0 Å². The van der Waals surface area contributed by atoms with Crippen molar-refractivity contribution in [2.24, 2.45) is 0 Å². The van der Waals surface area contributed by atoms with Gasteiger partial charge in [-0.2, -0.15) is 11.8 Å². The van der Waals surface area contributed by atoms with E-state index in [1.165, 1.54) is 17.8 Å². The van der Waals surface area contributed by atoms with E-state index in [1.54, 1.807) is 6.92 Å². The van der Waals surface area contributed by atoms with E-state index in [0.717, 1.165) is 0 Å². The molecule has 5 heteroatoms. The standard InChI is InChI=1S/C9H12O4S/c1-6-8(9(11)12)4-7(13-6)5-14-3-2-10/h4,10H,2-3,5H2,1H3,(H,11,12). The van der Waals surface area contributed by atoms with Crippen LogP contribution in [0.25, 0.3) is 0 Å². The minimum Gasteiger partial charge on any atom is -0.478 e. The summed E-state index contributed by atoms with van der Waals surface area (Å²) < 4.78 is 5.24. The first-order valence-electron chi connectivity index (χ1n) is 4.16. The molecule has 0 atom stereocenters. The number of thioether (sulfide) groups is 1. The van der Waals surface area contributed by atoms with Crippen LogP contribution in [0.1, 0.15) is 21.9 Å². The number of hydrogen-bond acceptors (Lipinski definition) is 4. The second-order valence-corrected chi connectivity index (χ2v) is 3.87. The Balaban J connectivity index is 2.62. The Labute approximate surface area is 85.9 Å². The molecule has 4 nitrogen and oxygen atoms in total. The van der Waals surface area contributed by atoms with Crippen molar-refractivity contribution in [3.63, 3.8) is 0 Å². The van der Waals surface area contributed by atoms with E-state index in [-0.39, 0.29) is 12.2 Å². The van der Waals surface area contributed by atoms with Gasteiger partial charge in [0.15, 0.2) is 0 Å². The topological polar surface area (TPSA) is 70.7 Å². The Bertz CT molecular complexity index is 319. The fourth-order valence-electron chi connectivity index (χ4n) is 1.06. The number of furan rings is 1. The van der Waals surface area contributed by atoms with Crippen LogP contribution in [0.4, 0.5) is 0 Å². The third-order valence-corrected chi connectivity index (χ3v) is 2.64. The Morgan fingerprint density at radius 3 is 2.86 bits per heavy atom. The van der Waals surface area contributed by atoms with E-state index < -0.39 is 5.97 Å². The van der Waals surface area contributed by atoms with Gasteiger partial charge in [-0.15, -0.1) is 0 Å². The summed E-state index contributed by atoms with van der Waals surface area (Å²) in [5.41, 5.74) is 0.213. The molecule has 0 aromatic carbocycles. The molecule has 0 aliphatic heterocycles. The second kappa shape index (κ2) is 5.07. The molecule has 78 valence electrons. The molecule has 0 aliphatic rings. The molecule has 1 aromatic rings. The lowest BCUT2D eigenvalue weighted by molar-refractivity contribution is 0.0695. The highest BCUT2D eigenvalue weighted by molar-refractivity contribution is 7.98. The molecule has 1 aromatic heterocycles. The third-order valence-electron chi connectivity index (χ3n) is 1.68. The van der Waals surface area contributed by atoms with Gasteiger partial charge in [-0.3, -0.25) is 0 Å². The maximum atomic E-state index is 10.7.